The van der Waals surface area contributed by atoms with Crippen LogP contribution in [-0.4, -0.2) is 95.2 Å². The van der Waals surface area contributed by atoms with Crippen molar-refractivity contribution in [3.8, 4) is 17.3 Å². The van der Waals surface area contributed by atoms with Crippen LogP contribution in [0.4, 0.5) is 19.7 Å². The number of alkyl halides is 1. The van der Waals surface area contributed by atoms with Crippen LogP contribution in [0, 0.1) is 5.82 Å². The minimum absolute atomic E-state index is 0.0449. The predicted octanol–water partition coefficient (Wildman–Crippen LogP) is 3.50. The third-order valence-electron chi connectivity index (χ3n) is 9.62. The van der Waals surface area contributed by atoms with E-state index in [4.69, 9.17) is 20.2 Å². The Bertz CT molecular complexity index is 1800. The van der Waals surface area contributed by atoms with Crippen molar-refractivity contribution >= 4 is 43.4 Å². The molecule has 9 rings (SSSR count). The highest BCUT2D eigenvalue weighted by Crippen LogP contribution is 2.42. The number of rotatable bonds is 4. The van der Waals surface area contributed by atoms with Crippen molar-refractivity contribution < 1.29 is 18.3 Å². The minimum atomic E-state index is -0.518. The van der Waals surface area contributed by atoms with Crippen molar-refractivity contribution in [1.29, 1.82) is 0 Å². The fourth-order valence-corrected chi connectivity index (χ4v) is 8.23. The quantitative estimate of drug-likeness (QED) is 0.343. The lowest BCUT2D eigenvalue weighted by Gasteiger charge is -2.46. The van der Waals surface area contributed by atoms with E-state index in [0.29, 0.717) is 64.0 Å². The molecule has 3 aromatic heterocycles. The lowest BCUT2D eigenvalue weighted by Crippen LogP contribution is -2.64. The van der Waals surface area contributed by atoms with Crippen molar-refractivity contribution in [2.75, 3.05) is 57.1 Å². The number of benzene rings is 1. The summed E-state index contributed by atoms with van der Waals surface area (Å²) in [6.07, 6.45) is 4.59. The van der Waals surface area contributed by atoms with Crippen LogP contribution in [0.3, 0.4) is 0 Å². The second-order valence-corrected chi connectivity index (χ2v) is 13.6. The van der Waals surface area contributed by atoms with Gasteiger partial charge >= 0.3 is 6.01 Å². The molecule has 14 heteroatoms. The smallest absolute Gasteiger partial charge is 0.318 e. The van der Waals surface area contributed by atoms with Crippen LogP contribution in [0.25, 0.3) is 32.4 Å². The van der Waals surface area contributed by atoms with Crippen molar-refractivity contribution in [1.82, 2.24) is 29.7 Å². The summed E-state index contributed by atoms with van der Waals surface area (Å²) >= 11 is 1.10. The highest BCUT2D eigenvalue weighted by atomic mass is 32.1. The zero-order chi connectivity index (χ0) is 30.8. The van der Waals surface area contributed by atoms with Gasteiger partial charge in [0.05, 0.1) is 53.8 Å². The molecule has 5 aliphatic rings. The number of halogens is 2. The van der Waals surface area contributed by atoms with Gasteiger partial charge in [0.25, 0.3) is 5.56 Å². The summed E-state index contributed by atoms with van der Waals surface area (Å²) in [5, 5.41) is 4.18. The lowest BCUT2D eigenvalue weighted by atomic mass is 10.0. The van der Waals surface area contributed by atoms with E-state index < -0.39 is 6.17 Å². The first-order valence-electron chi connectivity index (χ1n) is 15.7. The van der Waals surface area contributed by atoms with Crippen LogP contribution >= 0.6 is 11.3 Å². The molecule has 4 aliphatic heterocycles. The number of morpholine rings is 1. The highest BCUT2D eigenvalue weighted by molar-refractivity contribution is 7.22. The zero-order valence-electron chi connectivity index (χ0n) is 25.0. The summed E-state index contributed by atoms with van der Waals surface area (Å²) in [5.74, 6) is 0.188. The number of anilines is 2. The lowest BCUT2D eigenvalue weighted by molar-refractivity contribution is 0.0523. The number of nitrogens with one attached hydrogen (secondary N) is 1. The number of nitrogens with zero attached hydrogens (tertiary/aromatic N) is 6. The van der Waals surface area contributed by atoms with Gasteiger partial charge in [-0.15, -0.1) is 0 Å². The molecule has 7 heterocycles. The molecular weight excluding hydrogens is 602 g/mol. The molecule has 11 nitrogen and oxygen atoms in total. The van der Waals surface area contributed by atoms with Gasteiger partial charge in [-0.25, -0.2) is 13.8 Å². The van der Waals surface area contributed by atoms with E-state index in [-0.39, 0.29) is 40.6 Å². The van der Waals surface area contributed by atoms with Crippen LogP contribution in [0.1, 0.15) is 38.1 Å². The first-order chi connectivity index (χ1) is 21.9. The molecule has 0 amide bonds. The largest absolute Gasteiger partial charge is 0.467 e. The summed E-state index contributed by atoms with van der Waals surface area (Å²) in [7, 11) is 1.51. The Balaban J connectivity index is 0.000000286. The Hall–Kier alpha value is -3.46. The Kier molecular flexibility index (Phi) is 7.35. The minimum Gasteiger partial charge on any atom is -0.467 e. The highest BCUT2D eigenvalue weighted by Gasteiger charge is 2.39. The Morgan fingerprint density at radius 3 is 2.62 bits per heavy atom. The van der Waals surface area contributed by atoms with Gasteiger partial charge in [-0.05, 0) is 56.8 Å². The van der Waals surface area contributed by atoms with E-state index >= 15 is 0 Å². The zero-order valence-corrected chi connectivity index (χ0v) is 25.9. The maximum Gasteiger partial charge on any atom is 0.318 e. The van der Waals surface area contributed by atoms with Gasteiger partial charge in [-0.2, -0.15) is 9.97 Å². The first-order valence-corrected chi connectivity index (χ1v) is 16.5. The fraction of sp³-hybridized carbons (Fsp3) is 0.548. The van der Waals surface area contributed by atoms with Gasteiger partial charge in [-0.1, -0.05) is 11.3 Å². The second-order valence-electron chi connectivity index (χ2n) is 12.6. The molecule has 0 spiro atoms. The van der Waals surface area contributed by atoms with Crippen molar-refractivity contribution in [2.45, 2.75) is 62.4 Å². The molecule has 4 saturated heterocycles. The van der Waals surface area contributed by atoms with E-state index in [1.165, 1.54) is 26.0 Å². The number of hydrogen-bond donors (Lipinski definition) is 2. The Morgan fingerprint density at radius 1 is 1.09 bits per heavy atom. The van der Waals surface area contributed by atoms with Gasteiger partial charge in [-0.3, -0.25) is 9.69 Å². The molecule has 1 aromatic carbocycles. The number of ether oxygens (including phenoxy) is 2. The number of piperazine rings is 1. The summed E-state index contributed by atoms with van der Waals surface area (Å²) in [4.78, 5) is 32.4. The molecule has 5 fully saturated rings. The molecule has 3 N–H and O–H groups in total. The number of hydrogen-bond acceptors (Lipinski definition) is 11. The normalized spacial score (nSPS) is 26.2. The van der Waals surface area contributed by atoms with Crippen molar-refractivity contribution in [3.63, 3.8) is 0 Å². The summed E-state index contributed by atoms with van der Waals surface area (Å²) < 4.78 is 40.6. The third-order valence-corrected chi connectivity index (χ3v) is 10.5. The number of thiazole rings is 1. The molecule has 4 unspecified atom stereocenters. The van der Waals surface area contributed by atoms with Crippen LogP contribution in [-0.2, 0) is 4.74 Å². The molecule has 2 bridgehead atoms. The number of nitrogen functional groups attached to an aromatic ring is 1. The molecule has 4 atom stereocenters. The molecule has 1 saturated carbocycles. The summed E-state index contributed by atoms with van der Waals surface area (Å²) in [6.45, 7) is 4.42. The first kappa shape index (κ1) is 29.0. The van der Waals surface area contributed by atoms with E-state index in [1.54, 1.807) is 10.6 Å². The van der Waals surface area contributed by atoms with Crippen molar-refractivity contribution in [2.24, 2.45) is 0 Å². The molecule has 1 aliphatic carbocycles. The summed E-state index contributed by atoms with van der Waals surface area (Å²) in [5.41, 5.74) is 7.98. The van der Waals surface area contributed by atoms with Crippen LogP contribution in [0.15, 0.2) is 23.0 Å². The maximum absolute atomic E-state index is 14.6. The number of fused-ring (bicyclic) bond motifs is 5. The van der Waals surface area contributed by atoms with Crippen LogP contribution in [0.5, 0.6) is 6.01 Å². The average Bonchev–Trinajstić information content (AvgIpc) is 3.47. The number of pyridine rings is 1. The van der Waals surface area contributed by atoms with Crippen LogP contribution in [0.2, 0.25) is 0 Å². The average molecular weight is 639 g/mol. The fourth-order valence-electron chi connectivity index (χ4n) is 7.47. The molecule has 45 heavy (non-hydrogen) atoms. The number of methoxy groups -OCH3 is 1. The van der Waals surface area contributed by atoms with Crippen LogP contribution < -0.4 is 26.2 Å². The molecule has 0 radical (unpaired) electrons. The second kappa shape index (κ2) is 11.4. The standard InChI is InChI=1S/C24H24FN7O3S.C7H12FN/c1-34-24-28-16-6-17(14-4-5-15(25)20-19(14)29-23(26)36-20)32(11-2-3-11)22(33)18(16)21(30-24)31-12-7-27-8-13(31)10-35-9-12;8-6-4-7-2-1-3-9(7)5-6/h4-6,11-13,27H,2-3,7-10H2,1H3,(H2,26,29);6-7H,1-5H2. The monoisotopic (exact) mass is 638 g/mol. The third kappa shape index (κ3) is 5.11. The van der Waals surface area contributed by atoms with Gasteiger partial charge < -0.3 is 30.0 Å². The Morgan fingerprint density at radius 2 is 1.89 bits per heavy atom. The molecule has 238 valence electrons. The van der Waals surface area contributed by atoms with E-state index in [2.05, 4.69) is 25.1 Å². The Labute approximate surface area is 262 Å². The topological polar surface area (TPSA) is 124 Å². The van der Waals surface area contributed by atoms with Gasteiger partial charge in [0.2, 0.25) is 0 Å². The number of nitrogens with two attached hydrogens (primary N) is 1. The van der Waals surface area contributed by atoms with Gasteiger partial charge in [0.15, 0.2) is 5.13 Å². The summed E-state index contributed by atoms with van der Waals surface area (Å²) in [6, 6.07) is 5.87. The predicted molar refractivity (Wildman–Crippen MR) is 169 cm³/mol. The molecular formula is C31H36F2N8O3S. The van der Waals surface area contributed by atoms with E-state index in [0.717, 1.165) is 50.2 Å². The van der Waals surface area contributed by atoms with Crippen molar-refractivity contribution in [3.05, 3.63) is 34.4 Å². The molecule has 4 aromatic rings. The SMILES string of the molecule is COc1nc(N2C3CNCC2COC3)c2c(=O)n(C3CC3)c(-c3ccc(F)c4sc(N)nc34)cc2n1.FC1CC2CCCN2C1. The van der Waals surface area contributed by atoms with E-state index in [9.17, 15) is 13.6 Å². The maximum atomic E-state index is 14.6. The van der Waals surface area contributed by atoms with Gasteiger partial charge in [0, 0.05) is 37.3 Å². The van der Waals surface area contributed by atoms with E-state index in [1.807, 2.05) is 6.07 Å². The number of aromatic nitrogens is 4. The van der Waals surface area contributed by atoms with Gasteiger partial charge in [0.1, 0.15) is 23.2 Å².